The van der Waals surface area contributed by atoms with Gasteiger partial charge in [0.1, 0.15) is 17.2 Å². The van der Waals surface area contributed by atoms with Crippen LogP contribution >= 0.6 is 0 Å². The van der Waals surface area contributed by atoms with Crippen LogP contribution in [0, 0.1) is 12.7 Å². The first-order valence-electron chi connectivity index (χ1n) is 14.7. The fourth-order valence-corrected chi connectivity index (χ4v) is 6.85. The Morgan fingerprint density at radius 2 is 1.87 bits per heavy atom. The Bertz CT molecular complexity index is 2310. The molecule has 1 atom stereocenters. The molecule has 2 N–H and O–H groups in total. The van der Waals surface area contributed by atoms with Crippen LogP contribution in [0.5, 0.6) is 0 Å². The molecule has 3 aromatic heterocycles. The van der Waals surface area contributed by atoms with E-state index in [4.69, 9.17) is 9.40 Å². The number of furan rings is 1. The van der Waals surface area contributed by atoms with Crippen LogP contribution in [-0.2, 0) is 16.4 Å². The summed E-state index contributed by atoms with van der Waals surface area (Å²) in [7, 11) is -0.730. The monoisotopic (exact) mass is 638 g/mol. The summed E-state index contributed by atoms with van der Waals surface area (Å²) in [4.78, 5) is 18.4. The number of rotatable bonds is 6. The van der Waals surface area contributed by atoms with Gasteiger partial charge in [0.15, 0.2) is 0 Å². The average molecular weight is 639 g/mol. The predicted molar refractivity (Wildman–Crippen MR) is 177 cm³/mol. The van der Waals surface area contributed by atoms with Gasteiger partial charge in [0.2, 0.25) is 10.0 Å². The lowest BCUT2D eigenvalue weighted by Gasteiger charge is -2.28. The molecule has 1 unspecified atom stereocenters. The normalized spacial score (nSPS) is 14.3. The van der Waals surface area contributed by atoms with Crippen molar-refractivity contribution < 1.29 is 27.1 Å². The van der Waals surface area contributed by atoms with Gasteiger partial charge in [0, 0.05) is 42.1 Å². The van der Waals surface area contributed by atoms with Gasteiger partial charge in [-0.15, -0.1) is 0 Å². The van der Waals surface area contributed by atoms with E-state index >= 15 is 0 Å². The molecule has 0 saturated carbocycles. The number of nitrogens with zero attached hydrogens (tertiary/aromatic N) is 3. The van der Waals surface area contributed by atoms with Crippen molar-refractivity contribution in [2.24, 2.45) is 0 Å². The van der Waals surface area contributed by atoms with Gasteiger partial charge in [-0.1, -0.05) is 42.0 Å². The van der Waals surface area contributed by atoms with Gasteiger partial charge in [0.05, 0.1) is 52.8 Å². The first kappa shape index (κ1) is 29.7. The lowest BCUT2D eigenvalue weighted by atomic mass is 9.96. The molecule has 0 saturated heterocycles. The maximum Gasteiger partial charge on any atom is 0.255 e. The fourth-order valence-electron chi connectivity index (χ4n) is 6.34. The highest BCUT2D eigenvalue weighted by molar-refractivity contribution is 7.92. The Hall–Kier alpha value is -5.00. The van der Waals surface area contributed by atoms with Gasteiger partial charge in [0.25, 0.3) is 5.91 Å². The molecule has 3 aromatic carbocycles. The van der Waals surface area contributed by atoms with Crippen LogP contribution in [-0.4, -0.2) is 55.9 Å². The smallest absolute Gasteiger partial charge is 0.255 e. The number of benzene rings is 3. The van der Waals surface area contributed by atoms with Crippen LogP contribution in [0.1, 0.15) is 27.5 Å². The molecule has 0 fully saturated rings. The molecule has 1 amide bonds. The van der Waals surface area contributed by atoms with Crippen LogP contribution in [0.2, 0.25) is 0 Å². The minimum atomic E-state index is -3.72. The molecule has 0 radical (unpaired) electrons. The van der Waals surface area contributed by atoms with Crippen LogP contribution in [0.4, 0.5) is 10.1 Å². The second kappa shape index (κ2) is 10.8. The Labute approximate surface area is 265 Å². The van der Waals surface area contributed by atoms with E-state index in [0.717, 1.165) is 21.7 Å². The summed E-state index contributed by atoms with van der Waals surface area (Å²) in [6.07, 6.45) is 1.59. The highest BCUT2D eigenvalue weighted by Gasteiger charge is 2.30. The van der Waals surface area contributed by atoms with Crippen LogP contribution in [0.15, 0.2) is 77.2 Å². The molecule has 9 nitrogen and oxygen atoms in total. The summed E-state index contributed by atoms with van der Waals surface area (Å²) in [5, 5.41) is 13.9. The third-order valence-electron chi connectivity index (χ3n) is 8.77. The zero-order valence-corrected chi connectivity index (χ0v) is 26.4. The van der Waals surface area contributed by atoms with E-state index in [-0.39, 0.29) is 24.4 Å². The van der Waals surface area contributed by atoms with Gasteiger partial charge in [-0.05, 0) is 49.2 Å². The van der Waals surface area contributed by atoms with Gasteiger partial charge < -0.3 is 19.4 Å². The first-order chi connectivity index (χ1) is 22.0. The maximum atomic E-state index is 14.9. The predicted octanol–water partition coefficient (Wildman–Crippen LogP) is 6.08. The quantitative estimate of drug-likeness (QED) is 0.229. The second-order valence-corrected chi connectivity index (χ2v) is 13.7. The standard InChI is InChI=1S/C35H31FN4O5S/c1-19-8-10-20(11-9-19)34-32(35(42)37-2)25-15-24(29(17-31(25)45-34)39(3)46(4,43)44)27-13-12-21-14-22(18-41)40-28-7-5-6-26(36)23(28)16-30(40)33(21)38-27/h5-13,15-17,22,41H,14,18H2,1-4H3,(H,37,42). The molecule has 7 rings (SSSR count). The SMILES string of the molecule is CNC(=O)c1c(-c2ccc(C)cc2)oc2cc(N(C)S(C)(=O)=O)c(-c3ccc4c(n3)-c3cc5c(F)cccc5n3C(CO)C4)cc12. The molecule has 6 aromatic rings. The number of aliphatic hydroxyl groups is 1. The summed E-state index contributed by atoms with van der Waals surface area (Å²) in [6, 6.07) is 20.9. The van der Waals surface area contributed by atoms with Crippen molar-refractivity contribution in [3.63, 3.8) is 0 Å². The number of aromatic nitrogens is 2. The maximum absolute atomic E-state index is 14.9. The van der Waals surface area contributed by atoms with E-state index < -0.39 is 10.0 Å². The van der Waals surface area contributed by atoms with Crippen LogP contribution < -0.4 is 9.62 Å². The number of hydrogen-bond acceptors (Lipinski definition) is 6. The Morgan fingerprint density at radius 1 is 1.11 bits per heavy atom. The van der Waals surface area contributed by atoms with Crippen molar-refractivity contribution in [2.75, 3.05) is 31.3 Å². The number of carbonyl (C=O) groups is 1. The summed E-state index contributed by atoms with van der Waals surface area (Å²) in [5.41, 5.74) is 6.40. The Balaban J connectivity index is 1.50. The largest absolute Gasteiger partial charge is 0.455 e. The number of pyridine rings is 1. The number of hydrogen-bond donors (Lipinski definition) is 2. The number of halogens is 1. The van der Waals surface area contributed by atoms with E-state index in [0.29, 0.717) is 73.5 Å². The number of fused-ring (bicyclic) bond motifs is 6. The van der Waals surface area contributed by atoms with Crippen molar-refractivity contribution in [3.8, 4) is 34.0 Å². The molecule has 11 heteroatoms. The molecule has 1 aliphatic rings. The number of carbonyl (C=O) groups excluding carboxylic acids is 1. The van der Waals surface area contributed by atoms with E-state index in [1.54, 1.807) is 37.4 Å². The van der Waals surface area contributed by atoms with Gasteiger partial charge in [-0.2, -0.15) is 0 Å². The summed E-state index contributed by atoms with van der Waals surface area (Å²) >= 11 is 0. The number of anilines is 1. The Morgan fingerprint density at radius 3 is 2.57 bits per heavy atom. The van der Waals surface area contributed by atoms with Gasteiger partial charge >= 0.3 is 0 Å². The van der Waals surface area contributed by atoms with Crippen molar-refractivity contribution >= 4 is 43.5 Å². The molecular weight excluding hydrogens is 607 g/mol. The zero-order valence-electron chi connectivity index (χ0n) is 25.6. The fraction of sp³-hybridized carbons (Fsp3) is 0.200. The first-order valence-corrected chi connectivity index (χ1v) is 16.6. The minimum Gasteiger partial charge on any atom is -0.455 e. The molecule has 234 valence electrons. The number of aliphatic hydroxyl groups excluding tert-OH is 1. The van der Waals surface area contributed by atoms with E-state index in [2.05, 4.69) is 5.32 Å². The molecule has 1 aliphatic heterocycles. The molecule has 0 bridgehead atoms. The van der Waals surface area contributed by atoms with Crippen molar-refractivity contribution in [2.45, 2.75) is 19.4 Å². The average Bonchev–Trinajstić information content (AvgIpc) is 3.63. The van der Waals surface area contributed by atoms with Crippen molar-refractivity contribution in [1.29, 1.82) is 0 Å². The summed E-state index contributed by atoms with van der Waals surface area (Å²) in [6.45, 7) is 1.83. The van der Waals surface area contributed by atoms with Crippen LogP contribution in [0.3, 0.4) is 0 Å². The molecule has 0 aliphatic carbocycles. The topological polar surface area (TPSA) is 118 Å². The summed E-state index contributed by atoms with van der Waals surface area (Å²) < 4.78 is 50.0. The summed E-state index contributed by atoms with van der Waals surface area (Å²) in [5.74, 6) is -0.369. The highest BCUT2D eigenvalue weighted by Crippen LogP contribution is 2.44. The van der Waals surface area contributed by atoms with Crippen molar-refractivity contribution in [1.82, 2.24) is 14.9 Å². The van der Waals surface area contributed by atoms with Crippen LogP contribution in [0.25, 0.3) is 55.8 Å². The molecular formula is C35H31FN4O5S. The second-order valence-electron chi connectivity index (χ2n) is 11.7. The molecule has 4 heterocycles. The van der Waals surface area contributed by atoms with E-state index in [9.17, 15) is 22.7 Å². The third kappa shape index (κ3) is 4.65. The highest BCUT2D eigenvalue weighted by atomic mass is 32.2. The zero-order chi connectivity index (χ0) is 32.5. The van der Waals surface area contributed by atoms with Crippen molar-refractivity contribution in [3.05, 3.63) is 95.3 Å². The minimum absolute atomic E-state index is 0.138. The lowest BCUT2D eigenvalue weighted by molar-refractivity contribution is 0.0964. The van der Waals surface area contributed by atoms with E-state index in [1.807, 2.05) is 47.9 Å². The number of nitrogens with one attached hydrogen (secondary N) is 1. The van der Waals surface area contributed by atoms with Gasteiger partial charge in [-0.3, -0.25) is 9.10 Å². The molecule has 46 heavy (non-hydrogen) atoms. The number of amides is 1. The van der Waals surface area contributed by atoms with Gasteiger partial charge in [-0.25, -0.2) is 17.8 Å². The lowest BCUT2D eigenvalue weighted by Crippen LogP contribution is -2.25. The van der Waals surface area contributed by atoms with E-state index in [1.165, 1.54) is 13.1 Å². The Kier molecular flexibility index (Phi) is 6.98. The molecule has 0 spiro atoms. The number of aryl methyl sites for hydroxylation is 1. The third-order valence-corrected chi connectivity index (χ3v) is 9.96. The number of sulfonamides is 1.